The summed E-state index contributed by atoms with van der Waals surface area (Å²) in [6, 6.07) is -0.598. The molecule has 0 aromatic heterocycles. The molecule has 0 spiro atoms. The Kier molecular flexibility index (Phi) is 6.74. The van der Waals surface area contributed by atoms with Crippen molar-refractivity contribution in [3.8, 4) is 0 Å². The van der Waals surface area contributed by atoms with Gasteiger partial charge in [-0.1, -0.05) is 13.3 Å². The first-order valence-corrected chi connectivity index (χ1v) is 6.84. The molecule has 0 aliphatic carbocycles. The van der Waals surface area contributed by atoms with Crippen molar-refractivity contribution in [1.82, 2.24) is 10.2 Å². The van der Waals surface area contributed by atoms with Gasteiger partial charge in [0.15, 0.2) is 0 Å². The lowest BCUT2D eigenvalue weighted by molar-refractivity contribution is -0.137. The number of hydrogen-bond acceptors (Lipinski definition) is 4. The highest BCUT2D eigenvalue weighted by molar-refractivity contribution is 5.76. The molecule has 7 nitrogen and oxygen atoms in total. The van der Waals surface area contributed by atoms with Gasteiger partial charge in [0, 0.05) is 20.3 Å². The summed E-state index contributed by atoms with van der Waals surface area (Å²) in [4.78, 5) is 24.5. The average molecular weight is 288 g/mol. The number of hydrogen-bond donors (Lipinski definition) is 2. The fraction of sp³-hybridized carbons (Fsp3) is 0.846. The highest BCUT2D eigenvalue weighted by Gasteiger charge is 2.36. The molecule has 116 valence electrons. The Bertz CT molecular complexity index is 325. The minimum atomic E-state index is -0.908. The number of nitrogens with one attached hydrogen (secondary N) is 1. The van der Waals surface area contributed by atoms with E-state index in [1.165, 1.54) is 0 Å². The van der Waals surface area contributed by atoms with Crippen LogP contribution in [0.3, 0.4) is 0 Å². The molecule has 3 unspecified atom stereocenters. The normalized spacial score (nSPS) is 23.6. The number of likely N-dealkylation sites (tertiary alicyclic amines) is 1. The van der Waals surface area contributed by atoms with Crippen LogP contribution in [0, 0.1) is 0 Å². The zero-order chi connectivity index (χ0) is 15.1. The Balaban J connectivity index is 2.54. The molecule has 1 aliphatic rings. The zero-order valence-corrected chi connectivity index (χ0v) is 12.3. The fourth-order valence-electron chi connectivity index (χ4n) is 2.41. The molecule has 7 heteroatoms. The number of aliphatic carboxylic acids is 1. The molecule has 0 saturated carbocycles. The average Bonchev–Trinajstić information content (AvgIpc) is 2.81. The van der Waals surface area contributed by atoms with E-state index in [1.807, 2.05) is 6.92 Å². The first kappa shape index (κ1) is 16.7. The van der Waals surface area contributed by atoms with Crippen LogP contribution in [0.15, 0.2) is 0 Å². The second-order valence-electron chi connectivity index (χ2n) is 4.99. The molecule has 1 aliphatic heterocycles. The largest absolute Gasteiger partial charge is 0.481 e. The molecule has 1 heterocycles. The molecule has 0 bridgehead atoms. The number of amides is 2. The molecular formula is C13H24N2O5. The van der Waals surface area contributed by atoms with Crippen molar-refractivity contribution in [2.75, 3.05) is 27.3 Å². The SMILES string of the molecule is CCCC(CC(=O)O)NC(=O)N1CC(OC)C(OC)C1. The molecule has 0 aromatic carbocycles. The Hall–Kier alpha value is -1.34. The smallest absolute Gasteiger partial charge is 0.317 e. The molecule has 0 aromatic rings. The van der Waals surface area contributed by atoms with Gasteiger partial charge in [0.25, 0.3) is 0 Å². The van der Waals surface area contributed by atoms with Crippen molar-refractivity contribution >= 4 is 12.0 Å². The van der Waals surface area contributed by atoms with Gasteiger partial charge in [0.05, 0.1) is 19.5 Å². The highest BCUT2D eigenvalue weighted by atomic mass is 16.5. The minimum absolute atomic E-state index is 0.0607. The van der Waals surface area contributed by atoms with E-state index in [0.29, 0.717) is 19.5 Å². The van der Waals surface area contributed by atoms with Gasteiger partial charge in [0.1, 0.15) is 12.2 Å². The van der Waals surface area contributed by atoms with E-state index in [-0.39, 0.29) is 30.7 Å². The number of ether oxygens (including phenoxy) is 2. The number of methoxy groups -OCH3 is 2. The van der Waals surface area contributed by atoms with E-state index in [0.717, 1.165) is 6.42 Å². The number of nitrogens with zero attached hydrogens (tertiary/aromatic N) is 1. The van der Waals surface area contributed by atoms with Gasteiger partial charge in [-0.15, -0.1) is 0 Å². The van der Waals surface area contributed by atoms with Gasteiger partial charge in [0.2, 0.25) is 0 Å². The predicted molar refractivity (Wildman–Crippen MR) is 72.6 cm³/mol. The Morgan fingerprint density at radius 2 is 1.85 bits per heavy atom. The zero-order valence-electron chi connectivity index (χ0n) is 12.3. The molecule has 20 heavy (non-hydrogen) atoms. The number of urea groups is 1. The van der Waals surface area contributed by atoms with E-state index in [1.54, 1.807) is 19.1 Å². The van der Waals surface area contributed by atoms with Crippen LogP contribution in [0.5, 0.6) is 0 Å². The molecular weight excluding hydrogens is 264 g/mol. The molecule has 1 fully saturated rings. The summed E-state index contributed by atoms with van der Waals surface area (Å²) in [5.74, 6) is -0.908. The van der Waals surface area contributed by atoms with Crippen molar-refractivity contribution in [3.05, 3.63) is 0 Å². The fourth-order valence-corrected chi connectivity index (χ4v) is 2.41. The lowest BCUT2D eigenvalue weighted by Gasteiger charge is -2.22. The van der Waals surface area contributed by atoms with Crippen LogP contribution >= 0.6 is 0 Å². The quantitative estimate of drug-likeness (QED) is 0.719. The standard InChI is InChI=1S/C13H24N2O5/c1-4-5-9(6-12(16)17)14-13(18)15-7-10(19-2)11(8-15)20-3/h9-11H,4-8H2,1-3H3,(H,14,18)(H,16,17). The Labute approximate surface area is 119 Å². The first-order valence-electron chi connectivity index (χ1n) is 6.84. The molecule has 0 radical (unpaired) electrons. The summed E-state index contributed by atoms with van der Waals surface area (Å²) in [7, 11) is 3.17. The Morgan fingerprint density at radius 3 is 2.25 bits per heavy atom. The van der Waals surface area contributed by atoms with Crippen molar-refractivity contribution < 1.29 is 24.2 Å². The van der Waals surface area contributed by atoms with E-state index in [4.69, 9.17) is 14.6 Å². The van der Waals surface area contributed by atoms with Gasteiger partial charge in [-0.2, -0.15) is 0 Å². The molecule has 1 saturated heterocycles. The first-order chi connectivity index (χ1) is 9.51. The molecule has 2 N–H and O–H groups in total. The van der Waals surface area contributed by atoms with Crippen molar-refractivity contribution in [2.45, 2.75) is 44.4 Å². The summed E-state index contributed by atoms with van der Waals surface area (Å²) in [6.45, 7) is 2.86. The lowest BCUT2D eigenvalue weighted by Crippen LogP contribution is -2.45. The van der Waals surface area contributed by atoms with E-state index < -0.39 is 5.97 Å². The van der Waals surface area contributed by atoms with Gasteiger partial charge < -0.3 is 24.8 Å². The number of carbonyl (C=O) groups excluding carboxylic acids is 1. The van der Waals surface area contributed by atoms with Crippen LogP contribution in [-0.4, -0.2) is 67.6 Å². The molecule has 1 rings (SSSR count). The molecule has 2 amide bonds. The highest BCUT2D eigenvalue weighted by Crippen LogP contribution is 2.16. The monoisotopic (exact) mass is 288 g/mol. The maximum absolute atomic E-state index is 12.1. The second kappa shape index (κ2) is 8.06. The van der Waals surface area contributed by atoms with Crippen molar-refractivity contribution in [2.24, 2.45) is 0 Å². The topological polar surface area (TPSA) is 88.1 Å². The van der Waals surface area contributed by atoms with Gasteiger partial charge in [-0.25, -0.2) is 4.79 Å². The van der Waals surface area contributed by atoms with E-state index in [9.17, 15) is 9.59 Å². The predicted octanol–water partition coefficient (Wildman–Crippen LogP) is 0.685. The van der Waals surface area contributed by atoms with Crippen LogP contribution in [-0.2, 0) is 14.3 Å². The van der Waals surface area contributed by atoms with Crippen LogP contribution in [0.25, 0.3) is 0 Å². The van der Waals surface area contributed by atoms with Crippen LogP contribution in [0.4, 0.5) is 4.79 Å². The summed E-state index contributed by atoms with van der Waals surface area (Å²) in [5, 5.41) is 11.6. The van der Waals surface area contributed by atoms with E-state index >= 15 is 0 Å². The maximum atomic E-state index is 12.1. The number of carbonyl (C=O) groups is 2. The minimum Gasteiger partial charge on any atom is -0.481 e. The number of rotatable bonds is 7. The lowest BCUT2D eigenvalue weighted by atomic mass is 10.1. The summed E-state index contributed by atoms with van der Waals surface area (Å²) >= 11 is 0. The third-order valence-corrected chi connectivity index (χ3v) is 3.49. The third-order valence-electron chi connectivity index (χ3n) is 3.49. The number of carboxylic acid groups (broad SMARTS) is 1. The van der Waals surface area contributed by atoms with Crippen LogP contribution < -0.4 is 5.32 Å². The van der Waals surface area contributed by atoms with Crippen LogP contribution in [0.2, 0.25) is 0 Å². The Morgan fingerprint density at radius 1 is 1.30 bits per heavy atom. The summed E-state index contributed by atoms with van der Waals surface area (Å²) in [5.41, 5.74) is 0. The second-order valence-corrected chi connectivity index (χ2v) is 4.99. The van der Waals surface area contributed by atoms with Crippen molar-refractivity contribution in [1.29, 1.82) is 0 Å². The van der Waals surface area contributed by atoms with Gasteiger partial charge >= 0.3 is 12.0 Å². The van der Waals surface area contributed by atoms with Crippen molar-refractivity contribution in [3.63, 3.8) is 0 Å². The molecule has 3 atom stereocenters. The van der Waals surface area contributed by atoms with Gasteiger partial charge in [-0.05, 0) is 6.42 Å². The third kappa shape index (κ3) is 4.64. The maximum Gasteiger partial charge on any atom is 0.317 e. The van der Waals surface area contributed by atoms with Gasteiger partial charge in [-0.3, -0.25) is 4.79 Å². The van der Waals surface area contributed by atoms with E-state index in [2.05, 4.69) is 5.32 Å². The number of carboxylic acids is 1. The van der Waals surface area contributed by atoms with Crippen LogP contribution in [0.1, 0.15) is 26.2 Å². The summed E-state index contributed by atoms with van der Waals surface area (Å²) < 4.78 is 10.5. The summed E-state index contributed by atoms with van der Waals surface area (Å²) in [6.07, 6.45) is 1.12.